The first-order chi connectivity index (χ1) is 17.4. The summed E-state index contributed by atoms with van der Waals surface area (Å²) in [5, 5.41) is 12.1. The highest BCUT2D eigenvalue weighted by Crippen LogP contribution is 2.36. The van der Waals surface area contributed by atoms with Crippen LogP contribution in [0.1, 0.15) is 38.3 Å². The van der Waals surface area contributed by atoms with E-state index in [0.29, 0.717) is 0 Å². The number of aromatic nitrogens is 1. The quantitative estimate of drug-likeness (QED) is 0.545. The number of benzene rings is 1. The average Bonchev–Trinajstić information content (AvgIpc) is 3.11. The molecule has 10 nitrogen and oxygen atoms in total. The average molecular weight is 524 g/mol. The molecule has 3 rings (SSSR count). The van der Waals surface area contributed by atoms with Crippen LogP contribution in [0.3, 0.4) is 0 Å². The summed E-state index contributed by atoms with van der Waals surface area (Å²) in [6, 6.07) is 2.67. The molecule has 2 aromatic rings. The van der Waals surface area contributed by atoms with Gasteiger partial charge in [0, 0.05) is 43.5 Å². The number of nitrogens with zero attached hydrogens (tertiary/aromatic N) is 2. The van der Waals surface area contributed by atoms with Crippen molar-refractivity contribution in [3.63, 3.8) is 0 Å². The van der Waals surface area contributed by atoms with Gasteiger partial charge in [0.05, 0.1) is 26.4 Å². The van der Waals surface area contributed by atoms with Crippen molar-refractivity contribution < 1.29 is 37.7 Å². The lowest BCUT2D eigenvalue weighted by Crippen LogP contribution is -2.46. The molecule has 1 saturated heterocycles. The number of pyridine rings is 1. The number of ether oxygens (including phenoxy) is 3. The lowest BCUT2D eigenvalue weighted by Gasteiger charge is -2.24. The Morgan fingerprint density at radius 2 is 1.86 bits per heavy atom. The van der Waals surface area contributed by atoms with Crippen molar-refractivity contribution in [2.45, 2.75) is 44.4 Å². The fraction of sp³-hybridized carbons (Fsp3) is 0.480. The number of amides is 2. The van der Waals surface area contributed by atoms with Gasteiger partial charge in [0.25, 0.3) is 11.5 Å². The number of carbonyl (C=O) groups is 2. The van der Waals surface area contributed by atoms with Crippen LogP contribution in [0.15, 0.2) is 35.3 Å². The van der Waals surface area contributed by atoms with Crippen LogP contribution >= 0.6 is 0 Å². The molecule has 12 heteroatoms. The monoisotopic (exact) mass is 523 g/mol. The first-order valence-electron chi connectivity index (χ1n) is 11.6. The third-order valence-corrected chi connectivity index (χ3v) is 5.85. The maximum absolute atomic E-state index is 15.1. The van der Waals surface area contributed by atoms with Crippen LogP contribution in [0.5, 0.6) is 5.75 Å². The van der Waals surface area contributed by atoms with Gasteiger partial charge in [-0.1, -0.05) is 0 Å². The van der Waals surface area contributed by atoms with E-state index in [2.05, 4.69) is 5.32 Å². The first-order valence-corrected chi connectivity index (χ1v) is 11.6. The minimum Gasteiger partial charge on any atom is -0.497 e. The Hall–Kier alpha value is -3.51. The molecular weight excluding hydrogens is 492 g/mol. The number of carbonyl (C=O) groups excluding carboxylic acids is 2. The van der Waals surface area contributed by atoms with Gasteiger partial charge in [-0.3, -0.25) is 9.59 Å². The molecule has 2 amide bonds. The van der Waals surface area contributed by atoms with Gasteiger partial charge in [0.15, 0.2) is 0 Å². The van der Waals surface area contributed by atoms with Crippen LogP contribution in [0.25, 0.3) is 0 Å². The molecule has 0 aliphatic carbocycles. The van der Waals surface area contributed by atoms with Gasteiger partial charge < -0.3 is 34.1 Å². The summed E-state index contributed by atoms with van der Waals surface area (Å²) in [4.78, 5) is 40.4. The Labute approximate surface area is 212 Å². The number of nitrogens with one attached hydrogen (secondary N) is 1. The molecule has 1 unspecified atom stereocenters. The second-order valence-electron chi connectivity index (χ2n) is 9.58. The molecule has 0 bridgehead atoms. The van der Waals surface area contributed by atoms with Crippen LogP contribution in [-0.2, 0) is 14.3 Å². The third-order valence-electron chi connectivity index (χ3n) is 5.85. The van der Waals surface area contributed by atoms with E-state index >= 15 is 8.78 Å². The molecule has 2 heterocycles. The number of anilines is 1. The standard InChI is InChI=1S/C25H31F2N3O7/c1-25(2,3)37-24(34)28-21-16(20-17(26)9-15(36-5)10-18(20)27)11-30(23(21)33)19-7-6-8-29(22(19)32)14(12-31)13-35-4/h6-10,14,16,21,31H,11-13H2,1-5H3,(H,28,34)/t14?,16-,21-/m0/s1. The van der Waals surface area contributed by atoms with E-state index in [9.17, 15) is 19.5 Å². The smallest absolute Gasteiger partial charge is 0.408 e. The number of hydrogen-bond donors (Lipinski definition) is 2. The number of aliphatic hydroxyl groups excluding tert-OH is 1. The highest BCUT2D eigenvalue weighted by molar-refractivity contribution is 6.02. The third kappa shape index (κ3) is 6.08. The SMILES string of the molecule is COCC(CO)n1cccc(N2C[C@@H](c3c(F)cc(OC)cc3F)[C@H](NC(=O)OC(C)(C)C)C2=O)c1=O. The summed E-state index contributed by atoms with van der Waals surface area (Å²) < 4.78 is 46.6. The molecule has 1 aromatic carbocycles. The Morgan fingerprint density at radius 1 is 1.22 bits per heavy atom. The predicted octanol–water partition coefficient (Wildman–Crippen LogP) is 2.34. The van der Waals surface area contributed by atoms with Crippen molar-refractivity contribution in [2.24, 2.45) is 0 Å². The summed E-state index contributed by atoms with van der Waals surface area (Å²) in [7, 11) is 2.67. The molecule has 0 saturated carbocycles. The minimum absolute atomic E-state index is 0.0293. The predicted molar refractivity (Wildman–Crippen MR) is 130 cm³/mol. The van der Waals surface area contributed by atoms with Crippen molar-refractivity contribution >= 4 is 17.7 Å². The molecule has 1 fully saturated rings. The van der Waals surface area contributed by atoms with Gasteiger partial charge in [-0.05, 0) is 32.9 Å². The number of halogens is 2. The molecule has 202 valence electrons. The number of rotatable bonds is 8. The molecule has 1 aliphatic heterocycles. The lowest BCUT2D eigenvalue weighted by molar-refractivity contribution is -0.119. The zero-order valence-corrected chi connectivity index (χ0v) is 21.3. The Bertz CT molecular complexity index is 1190. The van der Waals surface area contributed by atoms with E-state index in [1.54, 1.807) is 20.8 Å². The van der Waals surface area contributed by atoms with Crippen LogP contribution in [-0.4, -0.2) is 67.3 Å². The van der Waals surface area contributed by atoms with E-state index in [0.717, 1.165) is 17.0 Å². The Kier molecular flexibility index (Phi) is 8.54. The number of aliphatic hydroxyl groups is 1. The summed E-state index contributed by atoms with van der Waals surface area (Å²) in [5.41, 5.74) is -2.05. The fourth-order valence-corrected chi connectivity index (χ4v) is 4.24. The Morgan fingerprint density at radius 3 is 2.41 bits per heavy atom. The summed E-state index contributed by atoms with van der Waals surface area (Å²) in [5.74, 6) is -3.97. The van der Waals surface area contributed by atoms with Crippen LogP contribution < -0.4 is 20.5 Å². The second-order valence-corrected chi connectivity index (χ2v) is 9.58. The molecular formula is C25H31F2N3O7. The van der Waals surface area contributed by atoms with Gasteiger partial charge in [-0.2, -0.15) is 0 Å². The molecule has 0 radical (unpaired) electrons. The van der Waals surface area contributed by atoms with Gasteiger partial charge in [-0.15, -0.1) is 0 Å². The highest BCUT2D eigenvalue weighted by Gasteiger charge is 2.46. The first kappa shape index (κ1) is 28.1. The topological polar surface area (TPSA) is 119 Å². The van der Waals surface area contributed by atoms with Crippen molar-refractivity contribution in [3.05, 3.63) is 58.0 Å². The minimum atomic E-state index is -1.44. The normalized spacial score (nSPS) is 18.6. The molecule has 3 atom stereocenters. The van der Waals surface area contributed by atoms with Crippen LogP contribution in [0, 0.1) is 11.6 Å². The highest BCUT2D eigenvalue weighted by atomic mass is 19.1. The molecule has 2 N–H and O–H groups in total. The van der Waals surface area contributed by atoms with Crippen molar-refractivity contribution in [1.29, 1.82) is 0 Å². The van der Waals surface area contributed by atoms with Gasteiger partial charge in [0.2, 0.25) is 0 Å². The maximum Gasteiger partial charge on any atom is 0.408 e. The lowest BCUT2D eigenvalue weighted by atomic mass is 9.93. The van der Waals surface area contributed by atoms with E-state index in [1.807, 2.05) is 0 Å². The summed E-state index contributed by atoms with van der Waals surface area (Å²) in [6.07, 6.45) is 0.473. The van der Waals surface area contributed by atoms with E-state index in [4.69, 9.17) is 14.2 Å². The van der Waals surface area contributed by atoms with Gasteiger partial charge in [0.1, 0.15) is 34.7 Å². The molecule has 37 heavy (non-hydrogen) atoms. The van der Waals surface area contributed by atoms with E-state index in [-0.39, 0.29) is 24.6 Å². The summed E-state index contributed by atoms with van der Waals surface area (Å²) in [6.45, 7) is 4.19. The van der Waals surface area contributed by atoms with Crippen LogP contribution in [0.2, 0.25) is 0 Å². The van der Waals surface area contributed by atoms with Crippen molar-refractivity contribution in [1.82, 2.24) is 9.88 Å². The number of methoxy groups -OCH3 is 2. The molecule has 1 aromatic heterocycles. The zero-order valence-electron chi connectivity index (χ0n) is 21.3. The molecule has 1 aliphatic rings. The largest absolute Gasteiger partial charge is 0.497 e. The van der Waals surface area contributed by atoms with Crippen LogP contribution in [0.4, 0.5) is 19.3 Å². The van der Waals surface area contributed by atoms with Crippen molar-refractivity contribution in [2.75, 3.05) is 38.9 Å². The van der Waals surface area contributed by atoms with Gasteiger partial charge in [-0.25, -0.2) is 13.6 Å². The number of hydrogen-bond acceptors (Lipinski definition) is 7. The van der Waals surface area contributed by atoms with E-state index in [1.165, 1.54) is 37.1 Å². The molecule has 0 spiro atoms. The second kappa shape index (κ2) is 11.3. The fourth-order valence-electron chi connectivity index (χ4n) is 4.24. The Balaban J connectivity index is 2.08. The number of alkyl carbamates (subject to hydrolysis) is 1. The zero-order chi connectivity index (χ0) is 27.5. The van der Waals surface area contributed by atoms with Gasteiger partial charge >= 0.3 is 6.09 Å². The summed E-state index contributed by atoms with van der Waals surface area (Å²) >= 11 is 0. The van der Waals surface area contributed by atoms with Crippen molar-refractivity contribution in [3.8, 4) is 5.75 Å². The van der Waals surface area contributed by atoms with E-state index < -0.39 is 65.0 Å². The maximum atomic E-state index is 15.1.